The van der Waals surface area contributed by atoms with Gasteiger partial charge in [0.05, 0.1) is 29.3 Å². The fourth-order valence-electron chi connectivity index (χ4n) is 4.01. The zero-order chi connectivity index (χ0) is 24.1. The summed E-state index contributed by atoms with van der Waals surface area (Å²) in [5.41, 5.74) is 1.22. The number of ether oxygens (including phenoxy) is 1. The van der Waals surface area contributed by atoms with Crippen molar-refractivity contribution in [3.63, 3.8) is 0 Å². The van der Waals surface area contributed by atoms with E-state index in [2.05, 4.69) is 20.9 Å². The first-order valence-electron chi connectivity index (χ1n) is 10.3. The Kier molecular flexibility index (Phi) is 5.79. The van der Waals surface area contributed by atoms with E-state index >= 15 is 0 Å². The maximum absolute atomic E-state index is 13.6. The number of carbonyl (C=O) groups excluding carboxylic acids is 2. The first-order valence-corrected chi connectivity index (χ1v) is 12.3. The summed E-state index contributed by atoms with van der Waals surface area (Å²) in [6.45, 7) is 3.60. The second-order valence-electron chi connectivity index (χ2n) is 7.58. The monoisotopic (exact) mass is 558 g/mol. The molecule has 0 saturated heterocycles. The minimum atomic E-state index is -0.832. The summed E-state index contributed by atoms with van der Waals surface area (Å²) in [6, 6.07) is 11.1. The molecule has 34 heavy (non-hydrogen) atoms. The highest BCUT2D eigenvalue weighted by molar-refractivity contribution is 9.10. The molecular weight excluding hydrogens is 544 g/mol. The third-order valence-corrected chi connectivity index (χ3v) is 7.31. The Hall–Kier alpha value is -3.01. The van der Waals surface area contributed by atoms with Crippen molar-refractivity contribution in [1.29, 1.82) is 0 Å². The number of thiazole rings is 1. The SMILES string of the molecule is CCOC(=O)c1sc(N2C(=O)c3oc4ccc(Br)cc4c(=O)c3C2c2cccc(Cl)c2)nc1C. The Balaban J connectivity index is 1.76. The van der Waals surface area contributed by atoms with Gasteiger partial charge in [-0.1, -0.05) is 51.0 Å². The van der Waals surface area contributed by atoms with Crippen LogP contribution in [0.15, 0.2) is 56.1 Å². The van der Waals surface area contributed by atoms with E-state index in [0.29, 0.717) is 36.6 Å². The van der Waals surface area contributed by atoms with Gasteiger partial charge in [-0.15, -0.1) is 0 Å². The lowest BCUT2D eigenvalue weighted by Gasteiger charge is -2.22. The number of nitrogens with zero attached hydrogens (tertiary/aromatic N) is 2. The molecule has 0 fully saturated rings. The molecule has 2 aromatic carbocycles. The Morgan fingerprint density at radius 3 is 2.79 bits per heavy atom. The minimum Gasteiger partial charge on any atom is -0.462 e. The molecule has 0 aliphatic carbocycles. The van der Waals surface area contributed by atoms with Gasteiger partial charge < -0.3 is 9.15 Å². The van der Waals surface area contributed by atoms with Crippen molar-refractivity contribution in [3.05, 3.63) is 89.6 Å². The van der Waals surface area contributed by atoms with Crippen LogP contribution >= 0.6 is 38.9 Å². The summed E-state index contributed by atoms with van der Waals surface area (Å²) in [5, 5.41) is 1.05. The molecule has 5 rings (SSSR count). The molecule has 0 N–H and O–H groups in total. The molecule has 10 heteroatoms. The van der Waals surface area contributed by atoms with Crippen LogP contribution in [-0.4, -0.2) is 23.5 Å². The topological polar surface area (TPSA) is 89.7 Å². The molecule has 0 saturated carbocycles. The van der Waals surface area contributed by atoms with Crippen LogP contribution in [0.4, 0.5) is 5.13 Å². The van der Waals surface area contributed by atoms with Gasteiger partial charge in [0, 0.05) is 9.50 Å². The Morgan fingerprint density at radius 2 is 2.06 bits per heavy atom. The van der Waals surface area contributed by atoms with Crippen molar-refractivity contribution in [3.8, 4) is 0 Å². The molecule has 1 amide bonds. The number of benzene rings is 2. The molecule has 1 atom stereocenters. The highest BCUT2D eigenvalue weighted by Gasteiger charge is 2.45. The smallest absolute Gasteiger partial charge is 0.350 e. The molecule has 1 aliphatic rings. The van der Waals surface area contributed by atoms with Crippen molar-refractivity contribution in [1.82, 2.24) is 4.98 Å². The van der Waals surface area contributed by atoms with Crippen LogP contribution in [0.2, 0.25) is 5.02 Å². The van der Waals surface area contributed by atoms with E-state index in [1.54, 1.807) is 56.3 Å². The number of halogens is 2. The molecule has 1 unspecified atom stereocenters. The first-order chi connectivity index (χ1) is 16.3. The van der Waals surface area contributed by atoms with Gasteiger partial charge in [0.25, 0.3) is 5.91 Å². The van der Waals surface area contributed by atoms with Gasteiger partial charge in [-0.2, -0.15) is 0 Å². The number of hydrogen-bond donors (Lipinski definition) is 0. The number of carbonyl (C=O) groups is 2. The van der Waals surface area contributed by atoms with Crippen LogP contribution in [0.3, 0.4) is 0 Å². The first kappa shape index (κ1) is 22.8. The van der Waals surface area contributed by atoms with Crippen LogP contribution in [0.25, 0.3) is 11.0 Å². The lowest BCUT2D eigenvalue weighted by atomic mass is 9.99. The van der Waals surface area contributed by atoms with E-state index in [9.17, 15) is 14.4 Å². The number of anilines is 1. The van der Waals surface area contributed by atoms with E-state index < -0.39 is 17.9 Å². The van der Waals surface area contributed by atoms with Gasteiger partial charge in [0.1, 0.15) is 10.5 Å². The van der Waals surface area contributed by atoms with Crippen molar-refractivity contribution >= 4 is 66.8 Å². The fourth-order valence-corrected chi connectivity index (χ4v) is 5.55. The molecule has 1 aliphatic heterocycles. The molecule has 3 heterocycles. The zero-order valence-corrected chi connectivity index (χ0v) is 21.1. The summed E-state index contributed by atoms with van der Waals surface area (Å²) in [4.78, 5) is 45.8. The van der Waals surface area contributed by atoms with Gasteiger partial charge in [0.2, 0.25) is 5.76 Å². The van der Waals surface area contributed by atoms with Crippen molar-refractivity contribution in [2.75, 3.05) is 11.5 Å². The third kappa shape index (κ3) is 3.64. The lowest BCUT2D eigenvalue weighted by molar-refractivity contribution is 0.0531. The van der Waals surface area contributed by atoms with Crippen molar-refractivity contribution in [2.24, 2.45) is 0 Å². The minimum absolute atomic E-state index is 0.0599. The van der Waals surface area contributed by atoms with Gasteiger partial charge in [-0.25, -0.2) is 9.78 Å². The van der Waals surface area contributed by atoms with Crippen LogP contribution < -0.4 is 10.3 Å². The number of hydrogen-bond acceptors (Lipinski definition) is 7. The number of aromatic nitrogens is 1. The predicted octanol–water partition coefficient (Wildman–Crippen LogP) is 5.90. The Labute approximate surface area is 211 Å². The summed E-state index contributed by atoms with van der Waals surface area (Å²) < 4.78 is 11.8. The average Bonchev–Trinajstić information content (AvgIpc) is 3.32. The number of rotatable bonds is 4. The van der Waals surface area contributed by atoms with E-state index in [1.165, 1.54) is 4.90 Å². The van der Waals surface area contributed by atoms with E-state index in [0.717, 1.165) is 11.3 Å². The molecule has 172 valence electrons. The van der Waals surface area contributed by atoms with E-state index in [1.807, 2.05) is 0 Å². The highest BCUT2D eigenvalue weighted by atomic mass is 79.9. The van der Waals surface area contributed by atoms with Gasteiger partial charge in [0.15, 0.2) is 10.6 Å². The highest BCUT2D eigenvalue weighted by Crippen LogP contribution is 2.43. The zero-order valence-electron chi connectivity index (χ0n) is 17.9. The van der Waals surface area contributed by atoms with Gasteiger partial charge >= 0.3 is 5.97 Å². The van der Waals surface area contributed by atoms with E-state index in [4.69, 9.17) is 20.8 Å². The number of fused-ring (bicyclic) bond motifs is 2. The maximum atomic E-state index is 13.6. The van der Waals surface area contributed by atoms with Crippen LogP contribution in [0.5, 0.6) is 0 Å². The Morgan fingerprint density at radius 1 is 1.26 bits per heavy atom. The molecule has 2 aromatic heterocycles. The summed E-state index contributed by atoms with van der Waals surface area (Å²) in [6.07, 6.45) is 0. The standard InChI is InChI=1S/C24H16BrClN2O5S/c1-3-32-23(31)21-11(2)27-24(34-21)28-18(12-5-4-6-14(26)9-12)17-19(29)15-10-13(25)7-8-16(15)33-20(17)22(28)30/h4-10,18H,3H2,1-2H3. The number of esters is 1. The van der Waals surface area contributed by atoms with E-state index in [-0.39, 0.29) is 28.5 Å². The second kappa shape index (κ2) is 8.65. The second-order valence-corrected chi connectivity index (χ2v) is 9.91. The number of amides is 1. The fraction of sp³-hybridized carbons (Fsp3) is 0.167. The van der Waals surface area contributed by atoms with Crippen LogP contribution in [0.1, 0.15) is 50.0 Å². The van der Waals surface area contributed by atoms with Crippen molar-refractivity contribution < 1.29 is 18.7 Å². The number of aryl methyl sites for hydroxylation is 1. The largest absolute Gasteiger partial charge is 0.462 e. The van der Waals surface area contributed by atoms with Crippen LogP contribution in [0, 0.1) is 6.92 Å². The lowest BCUT2D eigenvalue weighted by Crippen LogP contribution is -2.29. The quantitative estimate of drug-likeness (QED) is 0.289. The Bertz CT molecular complexity index is 1550. The molecule has 0 spiro atoms. The van der Waals surface area contributed by atoms with Crippen molar-refractivity contribution in [2.45, 2.75) is 19.9 Å². The third-order valence-electron chi connectivity index (χ3n) is 5.45. The van der Waals surface area contributed by atoms with Crippen LogP contribution in [-0.2, 0) is 4.74 Å². The summed E-state index contributed by atoms with van der Waals surface area (Å²) in [7, 11) is 0. The molecule has 0 radical (unpaired) electrons. The average molecular weight is 560 g/mol. The molecule has 0 bridgehead atoms. The van der Waals surface area contributed by atoms with Gasteiger partial charge in [-0.3, -0.25) is 14.5 Å². The summed E-state index contributed by atoms with van der Waals surface area (Å²) >= 11 is 10.7. The molecule has 4 aromatic rings. The predicted molar refractivity (Wildman–Crippen MR) is 133 cm³/mol. The normalized spacial score (nSPS) is 15.1. The summed E-state index contributed by atoms with van der Waals surface area (Å²) in [5.74, 6) is -1.10. The molecular formula is C24H16BrClN2O5S. The maximum Gasteiger partial charge on any atom is 0.350 e. The molecule has 7 nitrogen and oxygen atoms in total. The van der Waals surface area contributed by atoms with Gasteiger partial charge in [-0.05, 0) is 49.7 Å².